The summed E-state index contributed by atoms with van der Waals surface area (Å²) in [6, 6.07) is 1.31. The Balaban J connectivity index is 2.15. The summed E-state index contributed by atoms with van der Waals surface area (Å²) in [6.45, 7) is 1.54. The summed E-state index contributed by atoms with van der Waals surface area (Å²) in [5.41, 5.74) is 0. The van der Waals surface area contributed by atoms with E-state index in [-0.39, 0.29) is 22.4 Å². The van der Waals surface area contributed by atoms with Crippen molar-refractivity contribution < 1.29 is 12.9 Å². The molecule has 108 valence electrons. The minimum absolute atomic E-state index is 0.0438. The number of halogens is 1. The van der Waals surface area contributed by atoms with E-state index in [1.54, 1.807) is 14.0 Å². The summed E-state index contributed by atoms with van der Waals surface area (Å²) in [5, 5.41) is 6.52. The van der Waals surface area contributed by atoms with Crippen LogP contribution in [0.5, 0.6) is 0 Å². The summed E-state index contributed by atoms with van der Waals surface area (Å²) < 4.78 is 31.2. The molecule has 0 radical (unpaired) electrons. The Morgan fingerprint density at radius 1 is 1.45 bits per heavy atom. The van der Waals surface area contributed by atoms with E-state index in [1.807, 2.05) is 0 Å². The molecule has 2 heterocycles. The van der Waals surface area contributed by atoms with Crippen molar-refractivity contribution in [2.75, 3.05) is 12.4 Å². The van der Waals surface area contributed by atoms with Gasteiger partial charge in [-0.1, -0.05) is 16.8 Å². The van der Waals surface area contributed by atoms with E-state index in [0.717, 1.165) is 0 Å². The molecule has 0 aliphatic rings. The Bertz CT molecular complexity index is 715. The lowest BCUT2D eigenvalue weighted by Gasteiger charge is -2.07. The summed E-state index contributed by atoms with van der Waals surface area (Å²) in [6.07, 6.45) is 1.21. The van der Waals surface area contributed by atoms with E-state index >= 15 is 0 Å². The molecule has 20 heavy (non-hydrogen) atoms. The van der Waals surface area contributed by atoms with E-state index in [0.29, 0.717) is 11.6 Å². The first-order valence-electron chi connectivity index (χ1n) is 5.54. The molecule has 0 amide bonds. The van der Waals surface area contributed by atoms with E-state index in [1.165, 1.54) is 12.3 Å². The highest BCUT2D eigenvalue weighted by Gasteiger charge is 2.17. The third kappa shape index (κ3) is 3.24. The molecular weight excluding hydrogens is 306 g/mol. The lowest BCUT2D eigenvalue weighted by Crippen LogP contribution is -2.23. The van der Waals surface area contributed by atoms with Gasteiger partial charge >= 0.3 is 0 Å². The molecule has 0 saturated heterocycles. The monoisotopic (exact) mass is 317 g/mol. The van der Waals surface area contributed by atoms with Gasteiger partial charge in [-0.05, 0) is 13.0 Å². The van der Waals surface area contributed by atoms with E-state index in [4.69, 9.17) is 16.1 Å². The van der Waals surface area contributed by atoms with Gasteiger partial charge in [0.15, 0.2) is 5.82 Å². The molecule has 0 saturated carbocycles. The number of nitrogens with one attached hydrogen (secondary N) is 2. The predicted octanol–water partition coefficient (Wildman–Crippen LogP) is 0.947. The van der Waals surface area contributed by atoms with Crippen LogP contribution in [0.1, 0.15) is 11.7 Å². The summed E-state index contributed by atoms with van der Waals surface area (Å²) in [5.74, 6) is 1.01. The molecular formula is C10H12ClN5O3S. The van der Waals surface area contributed by atoms with Gasteiger partial charge in [0.2, 0.25) is 15.9 Å². The van der Waals surface area contributed by atoms with Crippen molar-refractivity contribution in [3.05, 3.63) is 29.0 Å². The molecule has 0 spiro atoms. The van der Waals surface area contributed by atoms with Gasteiger partial charge in [-0.25, -0.2) is 18.1 Å². The molecule has 2 N–H and O–H groups in total. The largest absolute Gasteiger partial charge is 0.372 e. The van der Waals surface area contributed by atoms with Crippen LogP contribution in [0.2, 0.25) is 5.02 Å². The molecule has 8 nitrogen and oxygen atoms in total. The zero-order valence-corrected chi connectivity index (χ0v) is 12.3. The first kappa shape index (κ1) is 14.7. The molecule has 2 rings (SSSR count). The molecule has 0 bridgehead atoms. The van der Waals surface area contributed by atoms with Gasteiger partial charge in [-0.2, -0.15) is 4.98 Å². The minimum Gasteiger partial charge on any atom is -0.372 e. The van der Waals surface area contributed by atoms with Crippen LogP contribution < -0.4 is 10.0 Å². The van der Waals surface area contributed by atoms with Crippen molar-refractivity contribution in [3.63, 3.8) is 0 Å². The fourth-order valence-corrected chi connectivity index (χ4v) is 2.67. The maximum absolute atomic E-state index is 12.0. The topological polar surface area (TPSA) is 110 Å². The molecule has 0 aliphatic heterocycles. The van der Waals surface area contributed by atoms with Crippen LogP contribution in [0, 0.1) is 6.92 Å². The number of rotatable bonds is 5. The van der Waals surface area contributed by atoms with Crippen LogP contribution in [-0.2, 0) is 16.6 Å². The number of sulfonamides is 1. The number of nitrogens with zero attached hydrogens (tertiary/aromatic N) is 3. The normalized spacial score (nSPS) is 11.6. The summed E-state index contributed by atoms with van der Waals surface area (Å²) in [7, 11) is -2.11. The number of aryl methyl sites for hydroxylation is 1. The number of aromatic nitrogens is 3. The first-order valence-corrected chi connectivity index (χ1v) is 7.40. The predicted molar refractivity (Wildman–Crippen MR) is 71.9 cm³/mol. The first-order chi connectivity index (χ1) is 9.42. The van der Waals surface area contributed by atoms with Gasteiger partial charge in [0.25, 0.3) is 0 Å². The molecule has 2 aromatic heterocycles. The molecule has 0 unspecified atom stereocenters. The highest BCUT2D eigenvalue weighted by molar-refractivity contribution is 7.89. The van der Waals surface area contributed by atoms with Gasteiger partial charge in [0, 0.05) is 13.2 Å². The minimum atomic E-state index is -3.75. The van der Waals surface area contributed by atoms with E-state index in [9.17, 15) is 8.42 Å². The van der Waals surface area contributed by atoms with Crippen molar-refractivity contribution >= 4 is 27.4 Å². The molecule has 0 atom stereocenters. The van der Waals surface area contributed by atoms with Gasteiger partial charge in [-0.15, -0.1) is 0 Å². The van der Waals surface area contributed by atoms with Crippen molar-refractivity contribution in [2.45, 2.75) is 18.4 Å². The average Bonchev–Trinajstić information content (AvgIpc) is 2.82. The smallest absolute Gasteiger partial charge is 0.242 e. The van der Waals surface area contributed by atoms with E-state index < -0.39 is 10.0 Å². The number of hydrogen-bond acceptors (Lipinski definition) is 7. The van der Waals surface area contributed by atoms with Crippen LogP contribution in [-0.4, -0.2) is 30.6 Å². The Kier molecular flexibility index (Phi) is 4.21. The Labute approximate surface area is 120 Å². The Morgan fingerprint density at radius 2 is 2.20 bits per heavy atom. The fourth-order valence-electron chi connectivity index (χ4n) is 1.40. The standard InChI is InChI=1S/C10H12ClN5O3S/c1-6-15-9(19-16-6)5-14-20(17,18)7-3-8(11)10(12-2)13-4-7/h3-4,14H,5H2,1-2H3,(H,12,13). The van der Waals surface area contributed by atoms with Gasteiger partial charge in [0.1, 0.15) is 10.7 Å². The second kappa shape index (κ2) is 5.73. The second-order valence-corrected chi connectivity index (χ2v) is 5.99. The number of pyridine rings is 1. The highest BCUT2D eigenvalue weighted by Crippen LogP contribution is 2.21. The summed E-state index contributed by atoms with van der Waals surface area (Å²) >= 11 is 5.90. The van der Waals surface area contributed by atoms with Crippen molar-refractivity contribution in [1.82, 2.24) is 19.8 Å². The second-order valence-electron chi connectivity index (χ2n) is 3.81. The third-order valence-electron chi connectivity index (χ3n) is 2.35. The lowest BCUT2D eigenvalue weighted by atomic mass is 10.4. The van der Waals surface area contributed by atoms with Crippen molar-refractivity contribution in [2.24, 2.45) is 0 Å². The van der Waals surface area contributed by atoms with Crippen LogP contribution in [0.3, 0.4) is 0 Å². The average molecular weight is 318 g/mol. The Morgan fingerprint density at radius 3 is 2.75 bits per heavy atom. The third-order valence-corrected chi connectivity index (χ3v) is 4.00. The molecule has 10 heteroatoms. The molecule has 2 aromatic rings. The van der Waals surface area contributed by atoms with Crippen LogP contribution in [0.15, 0.2) is 21.7 Å². The lowest BCUT2D eigenvalue weighted by molar-refractivity contribution is 0.372. The van der Waals surface area contributed by atoms with E-state index in [2.05, 4.69) is 25.2 Å². The maximum atomic E-state index is 12.0. The zero-order chi connectivity index (χ0) is 14.8. The van der Waals surface area contributed by atoms with Crippen LogP contribution in [0.25, 0.3) is 0 Å². The number of anilines is 1. The number of hydrogen-bond donors (Lipinski definition) is 2. The van der Waals surface area contributed by atoms with Crippen molar-refractivity contribution in [1.29, 1.82) is 0 Å². The van der Waals surface area contributed by atoms with Crippen molar-refractivity contribution in [3.8, 4) is 0 Å². The fraction of sp³-hybridized carbons (Fsp3) is 0.300. The SMILES string of the molecule is CNc1ncc(S(=O)(=O)NCc2nc(C)no2)cc1Cl. The van der Waals surface area contributed by atoms with Gasteiger partial charge in [0.05, 0.1) is 11.6 Å². The summed E-state index contributed by atoms with van der Waals surface area (Å²) in [4.78, 5) is 7.76. The highest BCUT2D eigenvalue weighted by atomic mass is 35.5. The van der Waals surface area contributed by atoms with Crippen LogP contribution >= 0.6 is 11.6 Å². The quantitative estimate of drug-likeness (QED) is 0.844. The van der Waals surface area contributed by atoms with Crippen LogP contribution in [0.4, 0.5) is 5.82 Å². The van der Waals surface area contributed by atoms with Gasteiger partial charge < -0.3 is 9.84 Å². The molecule has 0 aromatic carbocycles. The zero-order valence-electron chi connectivity index (χ0n) is 10.7. The molecule has 0 aliphatic carbocycles. The maximum Gasteiger partial charge on any atom is 0.242 e. The van der Waals surface area contributed by atoms with Gasteiger partial charge in [-0.3, -0.25) is 0 Å². The Hall–Kier alpha value is -1.71. The molecule has 0 fully saturated rings.